The van der Waals surface area contributed by atoms with E-state index in [-0.39, 0.29) is 5.56 Å². The number of hydrogen-bond donors (Lipinski definition) is 1. The number of carbonyl (C=O) groups is 1. The zero-order valence-electron chi connectivity index (χ0n) is 10.8. The summed E-state index contributed by atoms with van der Waals surface area (Å²) in [6.07, 6.45) is 3.27. The second-order valence-electron chi connectivity index (χ2n) is 5.19. The van der Waals surface area contributed by atoms with Crippen molar-refractivity contribution < 1.29 is 14.4 Å². The number of aryl methyl sites for hydroxylation is 1. The quantitative estimate of drug-likeness (QED) is 0.881. The minimum Gasteiger partial charge on any atom is -0.477 e. The number of hydrogen-bond acceptors (Lipinski definition) is 4. The van der Waals surface area contributed by atoms with Gasteiger partial charge in [-0.25, -0.2) is 4.79 Å². The van der Waals surface area contributed by atoms with Gasteiger partial charge in [-0.2, -0.15) is 5.10 Å². The van der Waals surface area contributed by atoms with E-state index in [0.29, 0.717) is 17.0 Å². The first-order valence-electron chi connectivity index (χ1n) is 5.53. The van der Waals surface area contributed by atoms with E-state index >= 15 is 0 Å². The minimum atomic E-state index is -1.04. The lowest BCUT2D eigenvalue weighted by Gasteiger charge is -2.14. The Morgan fingerprint density at radius 2 is 2.11 bits per heavy atom. The van der Waals surface area contributed by atoms with E-state index in [0.717, 1.165) is 0 Å². The highest BCUT2D eigenvalue weighted by Gasteiger charge is 2.31. The highest BCUT2D eigenvalue weighted by atomic mass is 16.5. The summed E-state index contributed by atoms with van der Waals surface area (Å²) in [5.41, 5.74) is 0.645. The lowest BCUT2D eigenvalue weighted by Crippen LogP contribution is -2.15. The van der Waals surface area contributed by atoms with Gasteiger partial charge in [-0.15, -0.1) is 0 Å². The largest absolute Gasteiger partial charge is 0.477 e. The highest BCUT2D eigenvalue weighted by Crippen LogP contribution is 2.32. The average molecular weight is 249 g/mol. The molecule has 0 aromatic carbocycles. The Balaban J connectivity index is 2.63. The van der Waals surface area contributed by atoms with Crippen LogP contribution < -0.4 is 0 Å². The van der Waals surface area contributed by atoms with Gasteiger partial charge in [0.25, 0.3) is 0 Å². The Kier molecular flexibility index (Phi) is 2.73. The first-order chi connectivity index (χ1) is 8.30. The molecule has 2 rings (SSSR count). The van der Waals surface area contributed by atoms with Crippen molar-refractivity contribution >= 4 is 5.97 Å². The molecule has 0 atom stereocenters. The smallest absolute Gasteiger partial charge is 0.341 e. The molecule has 0 saturated carbocycles. The Morgan fingerprint density at radius 3 is 2.56 bits per heavy atom. The molecular weight excluding hydrogens is 234 g/mol. The summed E-state index contributed by atoms with van der Waals surface area (Å²) < 4.78 is 6.81. The van der Waals surface area contributed by atoms with Crippen LogP contribution in [0.1, 0.15) is 36.9 Å². The summed E-state index contributed by atoms with van der Waals surface area (Å²) in [6, 6.07) is 0. The molecule has 0 unspecified atom stereocenters. The van der Waals surface area contributed by atoms with Gasteiger partial charge in [0.2, 0.25) is 0 Å². The zero-order chi connectivity index (χ0) is 13.5. The van der Waals surface area contributed by atoms with Gasteiger partial charge in [0.1, 0.15) is 11.3 Å². The van der Waals surface area contributed by atoms with Crippen LogP contribution in [-0.4, -0.2) is 26.0 Å². The molecule has 1 N–H and O–H groups in total. The average Bonchev–Trinajstić information content (AvgIpc) is 2.80. The molecule has 2 aromatic rings. The van der Waals surface area contributed by atoms with E-state index in [9.17, 15) is 9.90 Å². The molecule has 0 saturated heterocycles. The van der Waals surface area contributed by atoms with Gasteiger partial charge in [0.15, 0.2) is 5.76 Å². The number of carboxylic acid groups (broad SMARTS) is 1. The molecule has 0 spiro atoms. The van der Waals surface area contributed by atoms with Crippen LogP contribution in [-0.2, 0) is 12.5 Å². The third kappa shape index (κ3) is 2.01. The summed E-state index contributed by atoms with van der Waals surface area (Å²) in [5.74, 6) is -0.672. The monoisotopic (exact) mass is 249 g/mol. The molecule has 2 aromatic heterocycles. The molecule has 18 heavy (non-hydrogen) atoms. The van der Waals surface area contributed by atoms with Crippen molar-refractivity contribution in [2.45, 2.75) is 26.2 Å². The van der Waals surface area contributed by atoms with E-state index in [1.54, 1.807) is 24.1 Å². The third-order valence-corrected chi connectivity index (χ3v) is 2.57. The molecule has 6 heteroatoms. The zero-order valence-corrected chi connectivity index (χ0v) is 10.8. The standard InChI is InChI=1S/C12H15N3O3/c1-12(2,3)10-8(11(16)17)9(14-18-10)7-5-13-15(4)6-7/h5-6H,1-4H3,(H,16,17). The van der Waals surface area contributed by atoms with Crippen molar-refractivity contribution in [3.63, 3.8) is 0 Å². The van der Waals surface area contributed by atoms with Gasteiger partial charge in [-0.3, -0.25) is 4.68 Å². The number of carboxylic acids is 1. The summed E-state index contributed by atoms with van der Waals surface area (Å²) >= 11 is 0. The molecule has 6 nitrogen and oxygen atoms in total. The van der Waals surface area contributed by atoms with Crippen LogP contribution in [0.25, 0.3) is 11.3 Å². The Morgan fingerprint density at radius 1 is 1.44 bits per heavy atom. The maximum absolute atomic E-state index is 11.4. The number of aromatic carboxylic acids is 1. The first-order valence-corrected chi connectivity index (χ1v) is 5.53. The molecule has 0 aliphatic rings. The fourth-order valence-corrected chi connectivity index (χ4v) is 1.74. The van der Waals surface area contributed by atoms with Crippen molar-refractivity contribution in [1.29, 1.82) is 0 Å². The predicted octanol–water partition coefficient (Wildman–Crippen LogP) is 2.07. The van der Waals surface area contributed by atoms with Gasteiger partial charge in [0, 0.05) is 24.2 Å². The van der Waals surface area contributed by atoms with Crippen LogP contribution in [0.15, 0.2) is 16.9 Å². The summed E-state index contributed by atoms with van der Waals surface area (Å²) in [7, 11) is 1.76. The van der Waals surface area contributed by atoms with Gasteiger partial charge in [-0.1, -0.05) is 25.9 Å². The molecule has 96 valence electrons. The second-order valence-corrected chi connectivity index (χ2v) is 5.19. The Bertz CT molecular complexity index is 590. The molecule has 0 amide bonds. The fraction of sp³-hybridized carbons (Fsp3) is 0.417. The van der Waals surface area contributed by atoms with Crippen LogP contribution in [0.2, 0.25) is 0 Å². The number of nitrogens with zero attached hydrogens (tertiary/aromatic N) is 3. The second kappa shape index (κ2) is 3.97. The molecule has 0 fully saturated rings. The fourth-order valence-electron chi connectivity index (χ4n) is 1.74. The van der Waals surface area contributed by atoms with Gasteiger partial charge in [0.05, 0.1) is 6.20 Å². The van der Waals surface area contributed by atoms with Crippen molar-refractivity contribution in [2.24, 2.45) is 7.05 Å². The van der Waals surface area contributed by atoms with Crippen LogP contribution in [0.5, 0.6) is 0 Å². The minimum absolute atomic E-state index is 0.107. The number of aromatic nitrogens is 3. The van der Waals surface area contributed by atoms with Gasteiger partial charge in [-0.05, 0) is 0 Å². The van der Waals surface area contributed by atoms with Crippen molar-refractivity contribution in [3.05, 3.63) is 23.7 Å². The van der Waals surface area contributed by atoms with E-state index in [4.69, 9.17) is 4.52 Å². The van der Waals surface area contributed by atoms with Crippen LogP contribution in [0.4, 0.5) is 0 Å². The van der Waals surface area contributed by atoms with Crippen LogP contribution in [0.3, 0.4) is 0 Å². The molecular formula is C12H15N3O3. The molecule has 0 radical (unpaired) electrons. The van der Waals surface area contributed by atoms with Crippen molar-refractivity contribution in [1.82, 2.24) is 14.9 Å². The van der Waals surface area contributed by atoms with Gasteiger partial charge < -0.3 is 9.63 Å². The van der Waals surface area contributed by atoms with E-state index in [1.807, 2.05) is 20.8 Å². The number of rotatable bonds is 2. The molecule has 2 heterocycles. The Hall–Kier alpha value is -2.11. The highest BCUT2D eigenvalue weighted by molar-refractivity contribution is 5.96. The summed E-state index contributed by atoms with van der Waals surface area (Å²) in [5, 5.41) is 17.2. The normalized spacial score (nSPS) is 11.8. The van der Waals surface area contributed by atoms with E-state index in [2.05, 4.69) is 10.3 Å². The molecule has 0 bridgehead atoms. The van der Waals surface area contributed by atoms with E-state index in [1.165, 1.54) is 0 Å². The Labute approximate surface area is 104 Å². The lowest BCUT2D eigenvalue weighted by molar-refractivity contribution is 0.0693. The van der Waals surface area contributed by atoms with Crippen molar-refractivity contribution in [3.8, 4) is 11.3 Å². The maximum Gasteiger partial charge on any atom is 0.341 e. The van der Waals surface area contributed by atoms with Crippen LogP contribution in [0, 0.1) is 0 Å². The lowest BCUT2D eigenvalue weighted by atomic mass is 9.89. The summed E-state index contributed by atoms with van der Waals surface area (Å²) in [4.78, 5) is 11.4. The first kappa shape index (κ1) is 12.3. The topological polar surface area (TPSA) is 81.2 Å². The SMILES string of the molecule is Cn1cc(-c2noc(C(C)(C)C)c2C(=O)O)cn1. The summed E-state index contributed by atoms with van der Waals surface area (Å²) in [6.45, 7) is 5.65. The van der Waals surface area contributed by atoms with E-state index < -0.39 is 11.4 Å². The van der Waals surface area contributed by atoms with Crippen LogP contribution >= 0.6 is 0 Å². The van der Waals surface area contributed by atoms with Gasteiger partial charge >= 0.3 is 5.97 Å². The molecule has 0 aliphatic carbocycles. The predicted molar refractivity (Wildman–Crippen MR) is 64.4 cm³/mol. The third-order valence-electron chi connectivity index (χ3n) is 2.57. The molecule has 0 aliphatic heterocycles. The van der Waals surface area contributed by atoms with Crippen molar-refractivity contribution in [2.75, 3.05) is 0 Å². The maximum atomic E-state index is 11.4.